The van der Waals surface area contributed by atoms with Crippen molar-refractivity contribution in [3.8, 4) is 0 Å². The van der Waals surface area contributed by atoms with Gasteiger partial charge in [0.05, 0.1) is 29.0 Å². The molecule has 36 heavy (non-hydrogen) atoms. The molecule has 4 rings (SSSR count). The van der Waals surface area contributed by atoms with E-state index in [9.17, 15) is 0 Å². The average molecular weight is 528 g/mol. The first-order chi connectivity index (χ1) is 17.4. The SMILES string of the molecule is C=CCOCNc1ccc(NC2CCCC(Nc3ncc(SCc4ncc(C(C)(C)C)o4)s3)C2)cc1. The van der Waals surface area contributed by atoms with Crippen LogP contribution < -0.4 is 16.0 Å². The van der Waals surface area contributed by atoms with Crippen LogP contribution in [-0.4, -0.2) is 35.4 Å². The number of aromatic nitrogens is 2. The first-order valence-corrected chi connectivity index (χ1v) is 14.3. The van der Waals surface area contributed by atoms with Gasteiger partial charge in [0.1, 0.15) is 12.5 Å². The minimum absolute atomic E-state index is 0.0223. The molecule has 1 fully saturated rings. The van der Waals surface area contributed by atoms with E-state index in [0.717, 1.165) is 34.6 Å². The number of hydrogen-bond donors (Lipinski definition) is 3. The summed E-state index contributed by atoms with van der Waals surface area (Å²) in [5, 5.41) is 11.6. The molecule has 0 radical (unpaired) electrons. The first-order valence-electron chi connectivity index (χ1n) is 12.5. The lowest BCUT2D eigenvalue weighted by Gasteiger charge is -2.31. The van der Waals surface area contributed by atoms with Gasteiger partial charge < -0.3 is 25.1 Å². The van der Waals surface area contributed by atoms with Crippen molar-refractivity contribution in [3.05, 3.63) is 61.0 Å². The van der Waals surface area contributed by atoms with E-state index in [2.05, 4.69) is 77.5 Å². The first kappa shape index (κ1) is 26.6. The zero-order chi connectivity index (χ0) is 25.4. The molecule has 0 aliphatic heterocycles. The Kier molecular flexibility index (Phi) is 9.34. The van der Waals surface area contributed by atoms with Crippen molar-refractivity contribution in [2.45, 2.75) is 73.9 Å². The molecule has 9 heteroatoms. The van der Waals surface area contributed by atoms with Crippen molar-refractivity contribution in [3.63, 3.8) is 0 Å². The molecule has 1 saturated carbocycles. The Morgan fingerprint density at radius 1 is 1.11 bits per heavy atom. The number of rotatable bonds is 12. The van der Waals surface area contributed by atoms with E-state index >= 15 is 0 Å². The fourth-order valence-electron chi connectivity index (χ4n) is 4.07. The molecule has 0 spiro atoms. The molecule has 1 aliphatic carbocycles. The van der Waals surface area contributed by atoms with Gasteiger partial charge >= 0.3 is 0 Å². The van der Waals surface area contributed by atoms with Gasteiger partial charge in [-0.2, -0.15) is 0 Å². The highest BCUT2D eigenvalue weighted by molar-refractivity contribution is 8.00. The zero-order valence-corrected chi connectivity index (χ0v) is 23.0. The summed E-state index contributed by atoms with van der Waals surface area (Å²) in [5.74, 6) is 2.40. The minimum Gasteiger partial charge on any atom is -0.444 e. The lowest BCUT2D eigenvalue weighted by atomic mass is 9.91. The highest BCUT2D eigenvalue weighted by atomic mass is 32.2. The highest BCUT2D eigenvalue weighted by Gasteiger charge is 2.23. The number of hydrogen-bond acceptors (Lipinski definition) is 9. The molecular formula is C27H37N5O2S2. The molecule has 2 unspecified atom stereocenters. The molecule has 0 saturated heterocycles. The van der Waals surface area contributed by atoms with Crippen molar-refractivity contribution in [1.29, 1.82) is 0 Å². The van der Waals surface area contributed by atoms with E-state index in [1.807, 2.05) is 12.4 Å². The Balaban J connectivity index is 1.22. The van der Waals surface area contributed by atoms with Gasteiger partial charge in [-0.3, -0.25) is 0 Å². The van der Waals surface area contributed by atoms with Crippen LogP contribution in [0.4, 0.5) is 16.5 Å². The molecule has 2 atom stereocenters. The third-order valence-corrected chi connectivity index (χ3v) is 8.09. The second-order valence-corrected chi connectivity index (χ2v) is 12.4. The summed E-state index contributed by atoms with van der Waals surface area (Å²) in [6.45, 7) is 11.1. The van der Waals surface area contributed by atoms with Crippen molar-refractivity contribution in [2.24, 2.45) is 0 Å². The summed E-state index contributed by atoms with van der Waals surface area (Å²) in [6.07, 6.45) is 10.2. The molecule has 2 aromatic heterocycles. The van der Waals surface area contributed by atoms with Gasteiger partial charge in [0.15, 0.2) is 5.13 Å². The Labute approximate surface area is 222 Å². The van der Waals surface area contributed by atoms with Crippen LogP contribution in [0.15, 0.2) is 57.9 Å². The van der Waals surface area contributed by atoms with Crippen LogP contribution in [0.1, 0.15) is 58.1 Å². The van der Waals surface area contributed by atoms with Crippen LogP contribution in [0.5, 0.6) is 0 Å². The van der Waals surface area contributed by atoms with Crippen LogP contribution >= 0.6 is 23.1 Å². The van der Waals surface area contributed by atoms with Crippen molar-refractivity contribution >= 4 is 39.6 Å². The molecule has 1 aromatic carbocycles. The monoisotopic (exact) mass is 527 g/mol. The number of nitrogens with one attached hydrogen (secondary N) is 3. The number of oxazole rings is 1. The van der Waals surface area contributed by atoms with Crippen molar-refractivity contribution in [2.75, 3.05) is 29.3 Å². The van der Waals surface area contributed by atoms with Gasteiger partial charge in [-0.25, -0.2) is 9.97 Å². The summed E-state index contributed by atoms with van der Waals surface area (Å²) in [7, 11) is 0. The number of ether oxygens (including phenoxy) is 1. The predicted molar refractivity (Wildman–Crippen MR) is 151 cm³/mol. The van der Waals surface area contributed by atoms with E-state index in [1.165, 1.54) is 23.5 Å². The number of thiazole rings is 1. The molecule has 194 valence electrons. The molecule has 0 bridgehead atoms. The minimum atomic E-state index is -0.0223. The van der Waals surface area contributed by atoms with Crippen LogP contribution in [0.25, 0.3) is 0 Å². The van der Waals surface area contributed by atoms with Gasteiger partial charge in [-0.05, 0) is 49.9 Å². The summed E-state index contributed by atoms with van der Waals surface area (Å²) in [5.41, 5.74) is 2.17. The molecule has 1 aliphatic rings. The Hall–Kier alpha value is -2.49. The van der Waals surface area contributed by atoms with Crippen LogP contribution in [0.2, 0.25) is 0 Å². The molecule has 7 nitrogen and oxygen atoms in total. The molecule has 2 heterocycles. The van der Waals surface area contributed by atoms with Crippen LogP contribution in [0, 0.1) is 0 Å². The standard InChI is InChI=1S/C27H37N5O2S2/c1-5-13-33-18-30-19-9-11-20(12-10-19)31-21-7-6-8-22(14-21)32-26-29-16-25(36-26)35-17-24-28-15-23(34-24)27(2,3)4/h5,9-12,15-16,21-22,30-31H,1,6-8,13-14,17-18H2,2-4H3,(H,29,32). The number of benzene rings is 1. The van der Waals surface area contributed by atoms with Gasteiger partial charge in [-0.15, -0.1) is 18.3 Å². The predicted octanol–water partition coefficient (Wildman–Crippen LogP) is 7.13. The van der Waals surface area contributed by atoms with Gasteiger partial charge in [0, 0.05) is 28.9 Å². The maximum absolute atomic E-state index is 5.91. The largest absolute Gasteiger partial charge is 0.444 e. The van der Waals surface area contributed by atoms with Gasteiger partial charge in [0.25, 0.3) is 0 Å². The molecule has 3 aromatic rings. The highest BCUT2D eigenvalue weighted by Crippen LogP contribution is 2.33. The molecule has 3 N–H and O–H groups in total. The smallest absolute Gasteiger partial charge is 0.204 e. The second kappa shape index (κ2) is 12.7. The van der Waals surface area contributed by atoms with E-state index in [4.69, 9.17) is 9.15 Å². The number of thioether (sulfide) groups is 1. The lowest BCUT2D eigenvalue weighted by Crippen LogP contribution is -2.34. The summed E-state index contributed by atoms with van der Waals surface area (Å²) < 4.78 is 12.5. The normalized spacial score (nSPS) is 18.1. The molecule has 0 amide bonds. The van der Waals surface area contributed by atoms with Gasteiger partial charge in [-0.1, -0.05) is 38.2 Å². The van der Waals surface area contributed by atoms with E-state index in [-0.39, 0.29) is 5.41 Å². The van der Waals surface area contributed by atoms with Crippen molar-refractivity contribution < 1.29 is 9.15 Å². The van der Waals surface area contributed by atoms with E-state index in [0.29, 0.717) is 31.2 Å². The summed E-state index contributed by atoms with van der Waals surface area (Å²) in [6, 6.07) is 9.26. The third kappa shape index (κ3) is 8.01. The average Bonchev–Trinajstić information content (AvgIpc) is 3.51. The van der Waals surface area contributed by atoms with Crippen molar-refractivity contribution in [1.82, 2.24) is 9.97 Å². The quantitative estimate of drug-likeness (QED) is 0.0993. The topological polar surface area (TPSA) is 84.2 Å². The third-order valence-electron chi connectivity index (χ3n) is 5.99. The van der Waals surface area contributed by atoms with Crippen LogP contribution in [0.3, 0.4) is 0 Å². The Morgan fingerprint density at radius 2 is 1.86 bits per heavy atom. The lowest BCUT2D eigenvalue weighted by molar-refractivity contribution is 0.183. The fourth-order valence-corrected chi connectivity index (χ4v) is 5.88. The maximum Gasteiger partial charge on any atom is 0.204 e. The van der Waals surface area contributed by atoms with E-state index in [1.54, 1.807) is 29.2 Å². The molecular weight excluding hydrogens is 490 g/mol. The number of nitrogens with zero attached hydrogens (tertiary/aromatic N) is 2. The second-order valence-electron chi connectivity index (χ2n) is 10.0. The van der Waals surface area contributed by atoms with E-state index < -0.39 is 0 Å². The van der Waals surface area contributed by atoms with Crippen LogP contribution in [-0.2, 0) is 15.9 Å². The Morgan fingerprint density at radius 3 is 2.58 bits per heavy atom. The Bertz CT molecular complexity index is 1090. The fraction of sp³-hybridized carbons (Fsp3) is 0.481. The summed E-state index contributed by atoms with van der Waals surface area (Å²) in [4.78, 5) is 9.04. The summed E-state index contributed by atoms with van der Waals surface area (Å²) >= 11 is 3.42. The van der Waals surface area contributed by atoms with Gasteiger partial charge in [0.2, 0.25) is 5.89 Å². The maximum atomic E-state index is 5.91. The zero-order valence-electron chi connectivity index (χ0n) is 21.4. The number of anilines is 3.